The molecule has 2 amide bonds. The van der Waals surface area contributed by atoms with Crippen LogP contribution in [-0.4, -0.2) is 119 Å². The van der Waals surface area contributed by atoms with Crippen molar-refractivity contribution in [3.8, 4) is 0 Å². The van der Waals surface area contributed by atoms with Gasteiger partial charge in [0.05, 0.1) is 33.0 Å². The highest BCUT2D eigenvalue weighted by atomic mass is 16.6. The van der Waals surface area contributed by atoms with Gasteiger partial charge in [0.2, 0.25) is 0 Å². The van der Waals surface area contributed by atoms with Gasteiger partial charge in [-0.05, 0) is 88.0 Å². The molecule has 2 aliphatic heterocycles. The number of hydrogen-bond acceptors (Lipinski definition) is 9. The number of nitrogens with one attached hydrogen (secondary N) is 1. The third kappa shape index (κ3) is 8.97. The molecule has 1 unspecified atom stereocenters. The van der Waals surface area contributed by atoms with E-state index in [2.05, 4.69) is 5.32 Å². The number of piperidine rings is 2. The number of hydroxylamine groups is 4. The van der Waals surface area contributed by atoms with E-state index in [1.165, 1.54) is 10.1 Å². The van der Waals surface area contributed by atoms with Crippen molar-refractivity contribution in [2.75, 3.05) is 46.8 Å². The molecule has 0 aromatic heterocycles. The number of methoxy groups -OCH3 is 1. The van der Waals surface area contributed by atoms with E-state index in [0.717, 1.165) is 0 Å². The molecule has 0 spiro atoms. The minimum Gasteiger partial charge on any atom is -0.379 e. The standard InChI is InChI=1S/C28H56N4O7/c1-11-37-12-13-38-14-15-39-20-23(36-10)30(22-18-27(6,7)32(35)28(8,9)19-22)24(33)29-21-16-25(2,3)31(34)26(4,5)17-21/h21-23,34-35H,11-20H2,1-10H3,(H,29,33). The van der Waals surface area contributed by atoms with Crippen LogP contribution < -0.4 is 5.32 Å². The molecule has 230 valence electrons. The van der Waals surface area contributed by atoms with Gasteiger partial charge in [-0.3, -0.25) is 4.90 Å². The number of urea groups is 1. The van der Waals surface area contributed by atoms with E-state index in [-0.39, 0.29) is 24.7 Å². The Bertz CT molecular complexity index is 741. The summed E-state index contributed by atoms with van der Waals surface area (Å²) in [5.74, 6) is 0. The number of hydrogen-bond donors (Lipinski definition) is 3. The molecular weight excluding hydrogens is 504 g/mol. The lowest BCUT2D eigenvalue weighted by Crippen LogP contribution is -2.67. The number of ether oxygens (including phenoxy) is 4. The average Bonchev–Trinajstić information content (AvgIpc) is 2.81. The highest BCUT2D eigenvalue weighted by molar-refractivity contribution is 5.75. The third-order valence-electron chi connectivity index (χ3n) is 8.00. The maximum atomic E-state index is 14.0. The fraction of sp³-hybridized carbons (Fsp3) is 0.964. The SMILES string of the molecule is CCOCCOCCOCC(OC)N(C(=O)NC1CC(C)(C)N(O)C(C)(C)C1)C1CC(C)(C)N(O)C(C)(C)C1. The van der Waals surface area contributed by atoms with Crippen molar-refractivity contribution >= 4 is 6.03 Å². The third-order valence-corrected chi connectivity index (χ3v) is 8.00. The van der Waals surface area contributed by atoms with Crippen LogP contribution in [0.15, 0.2) is 0 Å². The minimum atomic E-state index is -0.630. The molecule has 2 rings (SSSR count). The van der Waals surface area contributed by atoms with Gasteiger partial charge in [-0.15, -0.1) is 0 Å². The van der Waals surface area contributed by atoms with E-state index in [1.54, 1.807) is 12.0 Å². The number of carbonyl (C=O) groups excluding carboxylic acids is 1. The van der Waals surface area contributed by atoms with Crippen molar-refractivity contribution in [2.24, 2.45) is 0 Å². The first-order chi connectivity index (χ1) is 18.0. The Hall–Kier alpha value is -1.05. The van der Waals surface area contributed by atoms with Crippen molar-refractivity contribution in [1.29, 1.82) is 0 Å². The number of carbonyl (C=O) groups is 1. The Kier molecular flexibility index (Phi) is 12.0. The summed E-state index contributed by atoms with van der Waals surface area (Å²) in [6, 6.07) is -0.567. The van der Waals surface area contributed by atoms with Gasteiger partial charge in [0.15, 0.2) is 6.23 Å². The number of amides is 2. The summed E-state index contributed by atoms with van der Waals surface area (Å²) >= 11 is 0. The second-order valence-corrected chi connectivity index (χ2v) is 13.5. The zero-order valence-electron chi connectivity index (χ0n) is 26.1. The average molecular weight is 561 g/mol. The monoisotopic (exact) mass is 560 g/mol. The topological polar surface area (TPSA) is 116 Å². The zero-order valence-corrected chi connectivity index (χ0v) is 26.1. The summed E-state index contributed by atoms with van der Waals surface area (Å²) in [6.45, 7) is 20.5. The Labute approximate surface area is 236 Å². The van der Waals surface area contributed by atoms with Crippen LogP contribution in [0.5, 0.6) is 0 Å². The number of rotatable bonds is 13. The predicted octanol–water partition coefficient (Wildman–Crippen LogP) is 3.86. The van der Waals surface area contributed by atoms with E-state index in [4.69, 9.17) is 18.9 Å². The van der Waals surface area contributed by atoms with Crippen molar-refractivity contribution in [3.05, 3.63) is 0 Å². The first kappa shape index (κ1) is 34.2. The van der Waals surface area contributed by atoms with Gasteiger partial charge < -0.3 is 34.7 Å². The molecule has 0 aliphatic carbocycles. The van der Waals surface area contributed by atoms with Crippen LogP contribution in [0.3, 0.4) is 0 Å². The Balaban J connectivity index is 2.20. The summed E-state index contributed by atoms with van der Waals surface area (Å²) in [5.41, 5.74) is -2.10. The second-order valence-electron chi connectivity index (χ2n) is 13.5. The predicted molar refractivity (Wildman–Crippen MR) is 149 cm³/mol. The normalized spacial score (nSPS) is 24.4. The van der Waals surface area contributed by atoms with Gasteiger partial charge in [-0.2, -0.15) is 10.1 Å². The minimum absolute atomic E-state index is 0.135. The molecule has 2 aliphatic rings. The van der Waals surface area contributed by atoms with Gasteiger partial charge in [0.1, 0.15) is 0 Å². The number of nitrogens with zero attached hydrogens (tertiary/aromatic N) is 3. The molecular formula is C28H56N4O7. The summed E-state index contributed by atoms with van der Waals surface area (Å²) in [5, 5.41) is 27.7. The Morgan fingerprint density at radius 1 is 0.821 bits per heavy atom. The summed E-state index contributed by atoms with van der Waals surface area (Å²) in [6.07, 6.45) is 1.70. The smallest absolute Gasteiger partial charge is 0.320 e. The van der Waals surface area contributed by atoms with Crippen molar-refractivity contribution in [2.45, 2.75) is 128 Å². The van der Waals surface area contributed by atoms with Gasteiger partial charge in [-0.1, -0.05) is 0 Å². The van der Waals surface area contributed by atoms with Crippen LogP contribution in [0.4, 0.5) is 4.79 Å². The van der Waals surface area contributed by atoms with Crippen LogP contribution in [0.1, 0.15) is 88.0 Å². The molecule has 0 saturated carbocycles. The zero-order chi connectivity index (χ0) is 29.6. The maximum absolute atomic E-state index is 14.0. The van der Waals surface area contributed by atoms with Gasteiger partial charge in [0, 0.05) is 48.0 Å². The van der Waals surface area contributed by atoms with Crippen LogP contribution in [0.25, 0.3) is 0 Å². The van der Waals surface area contributed by atoms with Gasteiger partial charge in [-0.25, -0.2) is 4.79 Å². The molecule has 2 saturated heterocycles. The van der Waals surface area contributed by atoms with E-state index in [1.807, 2.05) is 62.3 Å². The molecule has 0 aromatic carbocycles. The summed E-state index contributed by atoms with van der Waals surface area (Å²) < 4.78 is 22.6. The summed E-state index contributed by atoms with van der Waals surface area (Å²) in [4.78, 5) is 15.8. The first-order valence-electron chi connectivity index (χ1n) is 14.3. The Morgan fingerprint density at radius 2 is 1.26 bits per heavy atom. The largest absolute Gasteiger partial charge is 0.379 e. The molecule has 2 heterocycles. The highest BCUT2D eigenvalue weighted by Crippen LogP contribution is 2.40. The molecule has 0 bridgehead atoms. The molecule has 2 fully saturated rings. The maximum Gasteiger partial charge on any atom is 0.320 e. The van der Waals surface area contributed by atoms with Gasteiger partial charge >= 0.3 is 6.03 Å². The molecule has 3 N–H and O–H groups in total. The molecule has 11 heteroatoms. The fourth-order valence-electron chi connectivity index (χ4n) is 6.50. The lowest BCUT2D eigenvalue weighted by Gasteiger charge is -2.55. The lowest BCUT2D eigenvalue weighted by atomic mass is 9.78. The molecule has 0 radical (unpaired) electrons. The molecule has 11 nitrogen and oxygen atoms in total. The Morgan fingerprint density at radius 3 is 1.72 bits per heavy atom. The molecule has 0 aromatic rings. The van der Waals surface area contributed by atoms with Crippen molar-refractivity contribution in [3.63, 3.8) is 0 Å². The lowest BCUT2D eigenvalue weighted by molar-refractivity contribution is -0.255. The van der Waals surface area contributed by atoms with Gasteiger partial charge in [0.25, 0.3) is 0 Å². The quantitative estimate of drug-likeness (QED) is 0.228. The molecule has 1 atom stereocenters. The van der Waals surface area contributed by atoms with Crippen LogP contribution in [-0.2, 0) is 18.9 Å². The van der Waals surface area contributed by atoms with E-state index in [9.17, 15) is 15.2 Å². The molecule has 39 heavy (non-hydrogen) atoms. The highest BCUT2D eigenvalue weighted by Gasteiger charge is 2.50. The summed E-state index contributed by atoms with van der Waals surface area (Å²) in [7, 11) is 1.58. The van der Waals surface area contributed by atoms with Crippen LogP contribution >= 0.6 is 0 Å². The van der Waals surface area contributed by atoms with Crippen LogP contribution in [0.2, 0.25) is 0 Å². The van der Waals surface area contributed by atoms with Crippen molar-refractivity contribution < 1.29 is 34.2 Å². The second kappa shape index (κ2) is 13.7. The van der Waals surface area contributed by atoms with Crippen molar-refractivity contribution in [1.82, 2.24) is 20.3 Å². The van der Waals surface area contributed by atoms with Crippen LogP contribution in [0, 0.1) is 0 Å². The fourth-order valence-corrected chi connectivity index (χ4v) is 6.50. The van der Waals surface area contributed by atoms with E-state index < -0.39 is 28.4 Å². The van der Waals surface area contributed by atoms with E-state index in [0.29, 0.717) is 58.7 Å². The first-order valence-corrected chi connectivity index (χ1v) is 14.3. The van der Waals surface area contributed by atoms with E-state index >= 15 is 0 Å².